The van der Waals surface area contributed by atoms with E-state index in [2.05, 4.69) is 63.5 Å². The minimum absolute atomic E-state index is 1.08. The normalized spacial score (nSPS) is 13.1. The lowest BCUT2D eigenvalue weighted by Crippen LogP contribution is -2.16. The Bertz CT molecular complexity index is 325. The highest BCUT2D eigenvalue weighted by molar-refractivity contribution is 6.81. The quantitative estimate of drug-likeness (QED) is 0.631. The third-order valence-corrected chi connectivity index (χ3v) is 3.46. The molecule has 0 aliphatic rings. The van der Waals surface area contributed by atoms with Gasteiger partial charge >= 0.3 is 0 Å². The molecule has 14 heavy (non-hydrogen) atoms. The Morgan fingerprint density at radius 2 is 1.57 bits per heavy atom. The number of rotatable bonds is 2. The van der Waals surface area contributed by atoms with Crippen LogP contribution in [0.1, 0.15) is 18.1 Å². The van der Waals surface area contributed by atoms with Crippen LogP contribution in [0, 0.1) is 6.92 Å². The number of benzene rings is 1. The smallest absolute Gasteiger partial charge is 0.0690 e. The van der Waals surface area contributed by atoms with Gasteiger partial charge in [-0.25, -0.2) is 0 Å². The zero-order valence-electron chi connectivity index (χ0n) is 9.89. The second-order valence-electron chi connectivity index (χ2n) is 5.06. The van der Waals surface area contributed by atoms with E-state index >= 15 is 0 Å². The van der Waals surface area contributed by atoms with Crippen molar-refractivity contribution in [1.29, 1.82) is 0 Å². The highest BCUT2D eigenvalue weighted by Gasteiger charge is 2.09. The van der Waals surface area contributed by atoms with Gasteiger partial charge in [-0.15, -0.1) is 0 Å². The minimum atomic E-state index is -1.08. The van der Waals surface area contributed by atoms with E-state index in [0.717, 1.165) is 0 Å². The molecule has 1 aromatic rings. The van der Waals surface area contributed by atoms with Crippen LogP contribution in [0.4, 0.5) is 0 Å². The Morgan fingerprint density at radius 3 is 2.00 bits per heavy atom. The van der Waals surface area contributed by atoms with Crippen LogP contribution in [-0.2, 0) is 0 Å². The van der Waals surface area contributed by atoms with Crippen molar-refractivity contribution < 1.29 is 0 Å². The summed E-state index contributed by atoms with van der Waals surface area (Å²) in [6.45, 7) is 11.4. The van der Waals surface area contributed by atoms with Gasteiger partial charge in [0, 0.05) is 0 Å². The summed E-state index contributed by atoms with van der Waals surface area (Å²) < 4.78 is 0. The second kappa shape index (κ2) is 4.14. The van der Waals surface area contributed by atoms with E-state index < -0.39 is 8.07 Å². The van der Waals surface area contributed by atoms with Crippen LogP contribution in [-0.4, -0.2) is 8.07 Å². The lowest BCUT2D eigenvalue weighted by Gasteiger charge is -2.12. The molecule has 0 saturated carbocycles. The molecular formula is C13H20Si. The predicted molar refractivity (Wildman–Crippen MR) is 68.2 cm³/mol. The molecule has 0 fully saturated rings. The van der Waals surface area contributed by atoms with Crippen LogP contribution in [0.15, 0.2) is 30.0 Å². The molecule has 0 spiro atoms. The molecule has 0 heterocycles. The molecule has 76 valence electrons. The topological polar surface area (TPSA) is 0 Å². The van der Waals surface area contributed by atoms with Gasteiger partial charge in [0.2, 0.25) is 0 Å². The van der Waals surface area contributed by atoms with Gasteiger partial charge in [0.25, 0.3) is 0 Å². The summed E-state index contributed by atoms with van der Waals surface area (Å²) in [6.07, 6.45) is 0. The molecule has 0 saturated heterocycles. The Labute approximate surface area is 88.7 Å². The monoisotopic (exact) mass is 204 g/mol. The average molecular weight is 204 g/mol. The van der Waals surface area contributed by atoms with Crippen molar-refractivity contribution in [2.45, 2.75) is 33.5 Å². The summed E-state index contributed by atoms with van der Waals surface area (Å²) in [5, 5.41) is 0. The fourth-order valence-corrected chi connectivity index (χ4v) is 3.02. The maximum atomic E-state index is 2.46. The van der Waals surface area contributed by atoms with Gasteiger partial charge in [-0.2, -0.15) is 0 Å². The van der Waals surface area contributed by atoms with Gasteiger partial charge in [-0.1, -0.05) is 60.7 Å². The molecule has 0 radical (unpaired) electrons. The first-order chi connectivity index (χ1) is 6.38. The predicted octanol–water partition coefficient (Wildman–Crippen LogP) is 4.28. The van der Waals surface area contributed by atoms with E-state index in [-0.39, 0.29) is 0 Å². The molecule has 0 aromatic heterocycles. The SMILES string of the molecule is C/C(=C\[Si](C)(C)C)c1ccc(C)cc1. The first kappa shape index (κ1) is 11.3. The summed E-state index contributed by atoms with van der Waals surface area (Å²) >= 11 is 0. The molecule has 0 nitrogen and oxygen atoms in total. The maximum Gasteiger partial charge on any atom is 0.0690 e. The summed E-state index contributed by atoms with van der Waals surface area (Å²) in [4.78, 5) is 0. The number of aryl methyl sites for hydroxylation is 1. The zero-order valence-corrected chi connectivity index (χ0v) is 10.9. The van der Waals surface area contributed by atoms with E-state index in [9.17, 15) is 0 Å². The Kier molecular flexibility index (Phi) is 3.32. The standard InChI is InChI=1S/C13H20Si/c1-11-6-8-13(9-7-11)12(2)10-14(3,4)5/h6-10H,1-5H3/b12-10+. The van der Waals surface area contributed by atoms with E-state index in [1.807, 2.05) is 0 Å². The summed E-state index contributed by atoms with van der Waals surface area (Å²) in [7, 11) is -1.08. The van der Waals surface area contributed by atoms with Gasteiger partial charge in [0.1, 0.15) is 0 Å². The van der Waals surface area contributed by atoms with Crippen molar-refractivity contribution in [3.63, 3.8) is 0 Å². The van der Waals surface area contributed by atoms with Crippen LogP contribution >= 0.6 is 0 Å². The summed E-state index contributed by atoms with van der Waals surface area (Å²) in [5.74, 6) is 0. The van der Waals surface area contributed by atoms with Gasteiger partial charge in [0.05, 0.1) is 8.07 Å². The molecule has 1 aromatic carbocycles. The highest BCUT2D eigenvalue weighted by atomic mass is 28.3. The van der Waals surface area contributed by atoms with Crippen LogP contribution in [0.5, 0.6) is 0 Å². The fraction of sp³-hybridized carbons (Fsp3) is 0.385. The number of hydrogen-bond donors (Lipinski definition) is 0. The van der Waals surface area contributed by atoms with E-state index in [4.69, 9.17) is 0 Å². The van der Waals surface area contributed by atoms with Crippen LogP contribution < -0.4 is 0 Å². The molecule has 0 N–H and O–H groups in total. The number of hydrogen-bond acceptors (Lipinski definition) is 0. The molecule has 1 rings (SSSR count). The van der Waals surface area contributed by atoms with Crippen molar-refractivity contribution in [2.75, 3.05) is 0 Å². The van der Waals surface area contributed by atoms with Gasteiger partial charge in [-0.05, 0) is 19.4 Å². The Hall–Kier alpha value is -0.823. The van der Waals surface area contributed by atoms with Gasteiger partial charge in [-0.3, -0.25) is 0 Å². The third kappa shape index (κ3) is 3.50. The maximum absolute atomic E-state index is 2.46. The number of allylic oxidation sites excluding steroid dienone is 1. The third-order valence-electron chi connectivity index (χ3n) is 2.16. The molecule has 0 aliphatic heterocycles. The van der Waals surface area contributed by atoms with Crippen molar-refractivity contribution in [3.05, 3.63) is 41.1 Å². The van der Waals surface area contributed by atoms with Crippen LogP contribution in [0.2, 0.25) is 19.6 Å². The Balaban J connectivity index is 2.95. The van der Waals surface area contributed by atoms with E-state index in [1.165, 1.54) is 16.7 Å². The van der Waals surface area contributed by atoms with Crippen molar-refractivity contribution in [3.8, 4) is 0 Å². The van der Waals surface area contributed by atoms with E-state index in [0.29, 0.717) is 0 Å². The van der Waals surface area contributed by atoms with Crippen molar-refractivity contribution in [1.82, 2.24) is 0 Å². The molecule has 0 atom stereocenters. The molecule has 0 bridgehead atoms. The molecule has 0 amide bonds. The lowest BCUT2D eigenvalue weighted by atomic mass is 10.1. The summed E-state index contributed by atoms with van der Waals surface area (Å²) in [5.41, 5.74) is 6.56. The van der Waals surface area contributed by atoms with Crippen LogP contribution in [0.25, 0.3) is 5.57 Å². The first-order valence-corrected chi connectivity index (χ1v) is 8.73. The Morgan fingerprint density at radius 1 is 1.07 bits per heavy atom. The van der Waals surface area contributed by atoms with Gasteiger partial charge < -0.3 is 0 Å². The zero-order chi connectivity index (χ0) is 10.8. The molecule has 1 heteroatoms. The first-order valence-electron chi connectivity index (χ1n) is 5.15. The largest absolute Gasteiger partial charge is 0.0916 e. The van der Waals surface area contributed by atoms with Gasteiger partial charge in [0.15, 0.2) is 0 Å². The van der Waals surface area contributed by atoms with E-state index in [1.54, 1.807) is 0 Å². The second-order valence-corrected chi connectivity index (χ2v) is 10.1. The molecular weight excluding hydrogens is 184 g/mol. The highest BCUT2D eigenvalue weighted by Crippen LogP contribution is 2.17. The van der Waals surface area contributed by atoms with Crippen molar-refractivity contribution >= 4 is 13.6 Å². The van der Waals surface area contributed by atoms with Crippen LogP contribution in [0.3, 0.4) is 0 Å². The van der Waals surface area contributed by atoms with Crippen molar-refractivity contribution in [2.24, 2.45) is 0 Å². The summed E-state index contributed by atoms with van der Waals surface area (Å²) in [6, 6.07) is 8.77. The lowest BCUT2D eigenvalue weighted by molar-refractivity contribution is 1.44. The minimum Gasteiger partial charge on any atom is -0.0916 e. The average Bonchev–Trinajstić information content (AvgIpc) is 2.02. The molecule has 0 unspecified atom stereocenters. The fourth-order valence-electron chi connectivity index (χ4n) is 1.55. The molecule has 0 aliphatic carbocycles.